The van der Waals surface area contributed by atoms with Gasteiger partial charge in [0.25, 0.3) is 11.5 Å². The zero-order valence-corrected chi connectivity index (χ0v) is 19.2. The Morgan fingerprint density at radius 2 is 1.85 bits per heavy atom. The number of rotatable bonds is 8. The van der Waals surface area contributed by atoms with Crippen molar-refractivity contribution in [1.82, 2.24) is 14.9 Å². The number of aliphatic hydroxyl groups excluding tert-OH is 1. The SMILES string of the molecule is COc1ccccc1CNC(=O)c1c(-c2ccc(C)cc2)c2cccnc2c(=O)n1CCCO. The molecule has 4 aromatic rings. The van der Waals surface area contributed by atoms with Crippen LogP contribution in [-0.4, -0.2) is 34.3 Å². The van der Waals surface area contributed by atoms with Crippen LogP contribution >= 0.6 is 0 Å². The van der Waals surface area contributed by atoms with Crippen LogP contribution in [0.4, 0.5) is 0 Å². The molecule has 0 spiro atoms. The highest BCUT2D eigenvalue weighted by atomic mass is 16.5. The molecule has 2 heterocycles. The molecule has 0 saturated carbocycles. The van der Waals surface area contributed by atoms with Crippen LogP contribution in [0.25, 0.3) is 22.0 Å². The monoisotopic (exact) mass is 457 g/mol. The number of amides is 1. The van der Waals surface area contributed by atoms with Crippen molar-refractivity contribution in [3.63, 3.8) is 0 Å². The molecule has 0 unspecified atom stereocenters. The molecule has 2 aromatic heterocycles. The third kappa shape index (κ3) is 4.56. The summed E-state index contributed by atoms with van der Waals surface area (Å²) in [5.41, 5.74) is 3.53. The number of nitrogens with one attached hydrogen (secondary N) is 1. The number of nitrogens with zero attached hydrogens (tertiary/aromatic N) is 2. The summed E-state index contributed by atoms with van der Waals surface area (Å²) in [4.78, 5) is 31.4. The Hall–Kier alpha value is -3.97. The van der Waals surface area contributed by atoms with Gasteiger partial charge in [0.05, 0.1) is 7.11 Å². The summed E-state index contributed by atoms with van der Waals surface area (Å²) in [5.74, 6) is 0.282. The molecular weight excluding hydrogens is 430 g/mol. The first-order chi connectivity index (χ1) is 16.5. The predicted molar refractivity (Wildman–Crippen MR) is 132 cm³/mol. The normalized spacial score (nSPS) is 10.9. The Morgan fingerprint density at radius 1 is 1.09 bits per heavy atom. The number of aromatic nitrogens is 2. The maximum Gasteiger partial charge on any atom is 0.277 e. The lowest BCUT2D eigenvalue weighted by molar-refractivity contribution is 0.0940. The van der Waals surface area contributed by atoms with Crippen molar-refractivity contribution >= 4 is 16.8 Å². The van der Waals surface area contributed by atoms with E-state index in [1.54, 1.807) is 19.4 Å². The number of fused-ring (bicyclic) bond motifs is 1. The van der Waals surface area contributed by atoms with Crippen LogP contribution < -0.4 is 15.6 Å². The number of aliphatic hydroxyl groups is 1. The van der Waals surface area contributed by atoms with Crippen LogP contribution in [0.3, 0.4) is 0 Å². The molecule has 2 aromatic carbocycles. The van der Waals surface area contributed by atoms with Crippen LogP contribution in [-0.2, 0) is 13.1 Å². The van der Waals surface area contributed by atoms with Gasteiger partial charge in [-0.15, -0.1) is 0 Å². The number of aryl methyl sites for hydroxylation is 1. The summed E-state index contributed by atoms with van der Waals surface area (Å²) >= 11 is 0. The molecule has 0 atom stereocenters. The summed E-state index contributed by atoms with van der Waals surface area (Å²) < 4.78 is 6.83. The topological polar surface area (TPSA) is 93.5 Å². The third-order valence-electron chi connectivity index (χ3n) is 5.76. The Kier molecular flexibility index (Phi) is 7.04. The average Bonchev–Trinajstić information content (AvgIpc) is 2.87. The second-order valence-electron chi connectivity index (χ2n) is 8.02. The molecule has 0 aliphatic heterocycles. The number of hydrogen-bond acceptors (Lipinski definition) is 5. The van der Waals surface area contributed by atoms with Crippen LogP contribution in [0.15, 0.2) is 71.7 Å². The van der Waals surface area contributed by atoms with Crippen molar-refractivity contribution in [1.29, 1.82) is 0 Å². The van der Waals surface area contributed by atoms with E-state index in [-0.39, 0.29) is 42.4 Å². The molecule has 0 saturated heterocycles. The molecule has 34 heavy (non-hydrogen) atoms. The molecule has 2 N–H and O–H groups in total. The number of carbonyl (C=O) groups excluding carboxylic acids is 1. The maximum absolute atomic E-state index is 13.7. The van der Waals surface area contributed by atoms with Gasteiger partial charge in [0.1, 0.15) is 17.0 Å². The van der Waals surface area contributed by atoms with Gasteiger partial charge in [-0.25, -0.2) is 0 Å². The zero-order chi connectivity index (χ0) is 24.1. The highest BCUT2D eigenvalue weighted by Gasteiger charge is 2.24. The number of carbonyl (C=O) groups is 1. The van der Waals surface area contributed by atoms with E-state index in [2.05, 4.69) is 10.3 Å². The number of methoxy groups -OCH3 is 1. The summed E-state index contributed by atoms with van der Waals surface area (Å²) in [6.07, 6.45) is 1.90. The number of pyridine rings is 2. The molecule has 7 heteroatoms. The second-order valence-corrected chi connectivity index (χ2v) is 8.02. The number of benzene rings is 2. The maximum atomic E-state index is 13.7. The largest absolute Gasteiger partial charge is 0.496 e. The minimum absolute atomic E-state index is 0.102. The molecule has 7 nitrogen and oxygen atoms in total. The van der Waals surface area contributed by atoms with Crippen molar-refractivity contribution in [3.05, 3.63) is 94.0 Å². The molecular formula is C27H27N3O4. The lowest BCUT2D eigenvalue weighted by Gasteiger charge is -2.19. The van der Waals surface area contributed by atoms with Gasteiger partial charge >= 0.3 is 0 Å². The van der Waals surface area contributed by atoms with E-state index in [9.17, 15) is 14.7 Å². The molecule has 0 aliphatic rings. The summed E-state index contributed by atoms with van der Waals surface area (Å²) in [7, 11) is 1.58. The summed E-state index contributed by atoms with van der Waals surface area (Å²) in [6, 6.07) is 18.8. The van der Waals surface area contributed by atoms with Gasteiger partial charge in [0, 0.05) is 42.4 Å². The van der Waals surface area contributed by atoms with E-state index in [0.717, 1.165) is 16.7 Å². The van der Waals surface area contributed by atoms with Crippen LogP contribution in [0.2, 0.25) is 0 Å². The van der Waals surface area contributed by atoms with Crippen molar-refractivity contribution in [2.24, 2.45) is 0 Å². The summed E-state index contributed by atoms with van der Waals surface area (Å²) in [5, 5.41) is 13.0. The minimum Gasteiger partial charge on any atom is -0.496 e. The molecule has 0 bridgehead atoms. The van der Waals surface area contributed by atoms with E-state index in [4.69, 9.17) is 4.74 Å². The molecule has 0 aliphatic carbocycles. The Bertz CT molecular complexity index is 1380. The van der Waals surface area contributed by atoms with E-state index < -0.39 is 0 Å². The molecule has 4 rings (SSSR count). The number of hydrogen-bond donors (Lipinski definition) is 2. The Balaban J connectivity index is 1.90. The predicted octanol–water partition coefficient (Wildman–Crippen LogP) is 3.69. The van der Waals surface area contributed by atoms with Crippen molar-refractivity contribution in [2.75, 3.05) is 13.7 Å². The van der Waals surface area contributed by atoms with Crippen LogP contribution in [0, 0.1) is 6.92 Å². The van der Waals surface area contributed by atoms with Gasteiger partial charge in [-0.1, -0.05) is 54.1 Å². The minimum atomic E-state index is -0.387. The van der Waals surface area contributed by atoms with Crippen LogP contribution in [0.5, 0.6) is 5.75 Å². The smallest absolute Gasteiger partial charge is 0.277 e. The molecule has 174 valence electrons. The van der Waals surface area contributed by atoms with Gasteiger partial charge in [0.15, 0.2) is 0 Å². The fourth-order valence-electron chi connectivity index (χ4n) is 4.07. The molecule has 0 fully saturated rings. The van der Waals surface area contributed by atoms with Gasteiger partial charge < -0.3 is 19.7 Å². The highest BCUT2D eigenvalue weighted by molar-refractivity contribution is 6.07. The zero-order valence-electron chi connectivity index (χ0n) is 19.2. The number of para-hydroxylation sites is 1. The van der Waals surface area contributed by atoms with Crippen molar-refractivity contribution in [3.8, 4) is 16.9 Å². The van der Waals surface area contributed by atoms with Gasteiger partial charge in [0.2, 0.25) is 0 Å². The highest BCUT2D eigenvalue weighted by Crippen LogP contribution is 2.31. The fourth-order valence-corrected chi connectivity index (χ4v) is 4.07. The quantitative estimate of drug-likeness (QED) is 0.421. The van der Waals surface area contributed by atoms with Crippen molar-refractivity contribution in [2.45, 2.75) is 26.4 Å². The average molecular weight is 458 g/mol. The number of ether oxygens (including phenoxy) is 1. The van der Waals surface area contributed by atoms with E-state index in [1.807, 2.05) is 61.5 Å². The lowest BCUT2D eigenvalue weighted by Crippen LogP contribution is -2.34. The van der Waals surface area contributed by atoms with Gasteiger partial charge in [-0.3, -0.25) is 14.6 Å². The Labute approximate surface area is 197 Å². The van der Waals surface area contributed by atoms with E-state index in [0.29, 0.717) is 23.1 Å². The first-order valence-electron chi connectivity index (χ1n) is 11.1. The van der Waals surface area contributed by atoms with Crippen molar-refractivity contribution < 1.29 is 14.6 Å². The molecule has 0 radical (unpaired) electrons. The molecule has 1 amide bonds. The first kappa shape index (κ1) is 23.2. The Morgan fingerprint density at radius 3 is 2.59 bits per heavy atom. The third-order valence-corrected chi connectivity index (χ3v) is 5.76. The van der Waals surface area contributed by atoms with E-state index >= 15 is 0 Å². The standard InChI is InChI=1S/C27H27N3O4/c1-18-10-12-19(13-11-18)23-21-8-5-14-28-24(21)27(33)30(15-6-16-31)25(23)26(32)29-17-20-7-3-4-9-22(20)34-2/h3-5,7-14,31H,6,15-17H2,1-2H3,(H,29,32). The first-order valence-corrected chi connectivity index (χ1v) is 11.1. The van der Waals surface area contributed by atoms with E-state index in [1.165, 1.54) is 4.57 Å². The van der Waals surface area contributed by atoms with Crippen LogP contribution in [0.1, 0.15) is 28.0 Å². The summed E-state index contributed by atoms with van der Waals surface area (Å²) in [6.45, 7) is 2.31. The fraction of sp³-hybridized carbons (Fsp3) is 0.222. The van der Waals surface area contributed by atoms with Gasteiger partial charge in [-0.2, -0.15) is 0 Å². The van der Waals surface area contributed by atoms with Gasteiger partial charge in [-0.05, 0) is 31.0 Å². The second kappa shape index (κ2) is 10.3. The lowest BCUT2D eigenvalue weighted by atomic mass is 9.97.